The molecule has 182 valence electrons. The van der Waals surface area contributed by atoms with Crippen molar-refractivity contribution in [2.45, 2.75) is 19.8 Å². The van der Waals surface area contributed by atoms with E-state index in [4.69, 9.17) is 4.74 Å². The van der Waals surface area contributed by atoms with Crippen molar-refractivity contribution in [2.24, 2.45) is 41.4 Å². The largest absolute Gasteiger partial charge is 0.426 e. The highest BCUT2D eigenvalue weighted by molar-refractivity contribution is 6.22. The minimum Gasteiger partial charge on any atom is -0.426 e. The van der Waals surface area contributed by atoms with Gasteiger partial charge in [-0.25, -0.2) is 0 Å². The van der Waals surface area contributed by atoms with Crippen molar-refractivity contribution in [1.29, 1.82) is 0 Å². The third-order valence-electron chi connectivity index (χ3n) is 8.78. The molecule has 4 aliphatic carbocycles. The molecule has 6 aliphatic rings. The third kappa shape index (κ3) is 3.11. The third-order valence-corrected chi connectivity index (χ3v) is 8.78. The molecule has 7 nitrogen and oxygen atoms in total. The zero-order valence-corrected chi connectivity index (χ0v) is 19.9. The van der Waals surface area contributed by atoms with Crippen LogP contribution < -0.4 is 14.5 Å². The van der Waals surface area contributed by atoms with Crippen LogP contribution in [0.1, 0.15) is 18.4 Å². The second kappa shape index (κ2) is 7.63. The Balaban J connectivity index is 1.03. The van der Waals surface area contributed by atoms with Gasteiger partial charge >= 0.3 is 5.97 Å². The van der Waals surface area contributed by atoms with Crippen LogP contribution in [-0.2, 0) is 19.2 Å². The Kier molecular flexibility index (Phi) is 4.56. The van der Waals surface area contributed by atoms with Crippen LogP contribution in [0.5, 0.6) is 5.75 Å². The fourth-order valence-corrected chi connectivity index (χ4v) is 6.91. The number of esters is 1. The van der Waals surface area contributed by atoms with Gasteiger partial charge in [-0.15, -0.1) is 0 Å². The first-order chi connectivity index (χ1) is 17.4. The molecule has 2 aromatic rings. The minimum atomic E-state index is -0.558. The lowest BCUT2D eigenvalue weighted by atomic mass is 9.63. The number of rotatable bonds is 4. The van der Waals surface area contributed by atoms with Gasteiger partial charge < -0.3 is 9.64 Å². The number of imide groups is 1. The maximum Gasteiger partial charge on any atom is 0.316 e. The first kappa shape index (κ1) is 21.5. The Morgan fingerprint density at radius 2 is 1.42 bits per heavy atom. The first-order valence-electron chi connectivity index (χ1n) is 12.7. The van der Waals surface area contributed by atoms with E-state index in [9.17, 15) is 19.2 Å². The SMILES string of the molecule is Cc1ccc(N2C[C@H](C(=O)Oc3ccc(N4C(=O)[C@H]5[C@@H]6C=C[C@H]([C@@H]7C[C@H]67)[C@@H]5C4=O)cc3)CC2=O)cc1. The van der Waals surface area contributed by atoms with Crippen molar-refractivity contribution in [1.82, 2.24) is 0 Å². The molecular weight excluding hydrogens is 456 g/mol. The van der Waals surface area contributed by atoms with Crippen molar-refractivity contribution in [3.63, 3.8) is 0 Å². The molecule has 2 saturated heterocycles. The fraction of sp³-hybridized carbons (Fsp3) is 0.379. The summed E-state index contributed by atoms with van der Waals surface area (Å²) in [5, 5.41) is 0. The van der Waals surface area contributed by atoms with Crippen molar-refractivity contribution < 1.29 is 23.9 Å². The molecule has 2 saturated carbocycles. The van der Waals surface area contributed by atoms with Gasteiger partial charge in [0, 0.05) is 18.7 Å². The van der Waals surface area contributed by atoms with Gasteiger partial charge in [-0.05, 0) is 73.4 Å². The van der Waals surface area contributed by atoms with Crippen LogP contribution in [0.25, 0.3) is 0 Å². The summed E-state index contributed by atoms with van der Waals surface area (Å²) in [5.41, 5.74) is 2.38. The molecule has 8 rings (SSSR count). The van der Waals surface area contributed by atoms with Gasteiger partial charge in [0.2, 0.25) is 17.7 Å². The molecule has 0 radical (unpaired) electrons. The number of hydrogen-bond donors (Lipinski definition) is 0. The van der Waals surface area contributed by atoms with E-state index in [0.717, 1.165) is 17.7 Å². The van der Waals surface area contributed by atoms with E-state index >= 15 is 0 Å². The Bertz CT molecular complexity index is 1290. The predicted octanol–water partition coefficient (Wildman–Crippen LogP) is 3.51. The number of hydrogen-bond acceptors (Lipinski definition) is 5. The summed E-state index contributed by atoms with van der Waals surface area (Å²) in [6.07, 6.45) is 5.55. The average molecular weight is 483 g/mol. The minimum absolute atomic E-state index is 0.0999. The Morgan fingerprint density at radius 1 is 0.833 bits per heavy atom. The number of aryl methyl sites for hydroxylation is 1. The lowest BCUT2D eigenvalue weighted by Crippen LogP contribution is -2.40. The van der Waals surface area contributed by atoms with E-state index in [2.05, 4.69) is 12.2 Å². The first-order valence-corrected chi connectivity index (χ1v) is 12.7. The van der Waals surface area contributed by atoms with Gasteiger partial charge in [0.1, 0.15) is 5.75 Å². The smallest absolute Gasteiger partial charge is 0.316 e. The lowest BCUT2D eigenvalue weighted by Gasteiger charge is -2.37. The van der Waals surface area contributed by atoms with Crippen molar-refractivity contribution in [2.75, 3.05) is 16.3 Å². The average Bonchev–Trinajstić information content (AvgIpc) is 3.56. The van der Waals surface area contributed by atoms with Crippen LogP contribution in [0, 0.1) is 48.3 Å². The Hall–Kier alpha value is -3.74. The highest BCUT2D eigenvalue weighted by Crippen LogP contribution is 2.65. The normalized spacial score (nSPS) is 33.7. The molecule has 7 atom stereocenters. The van der Waals surface area contributed by atoms with E-state index < -0.39 is 11.9 Å². The molecule has 4 fully saturated rings. The zero-order valence-electron chi connectivity index (χ0n) is 19.9. The molecule has 7 heteroatoms. The number of nitrogens with zero attached hydrogens (tertiary/aromatic N) is 2. The van der Waals surface area contributed by atoms with Crippen molar-refractivity contribution in [3.8, 4) is 5.75 Å². The number of allylic oxidation sites excluding steroid dienone is 2. The quantitative estimate of drug-likeness (QED) is 0.288. The molecule has 2 aromatic carbocycles. The number of anilines is 2. The summed E-state index contributed by atoms with van der Waals surface area (Å²) in [6.45, 7) is 2.25. The van der Waals surface area contributed by atoms with E-state index in [1.807, 2.05) is 31.2 Å². The lowest BCUT2D eigenvalue weighted by molar-refractivity contribution is -0.139. The van der Waals surface area contributed by atoms with Gasteiger partial charge in [-0.1, -0.05) is 29.8 Å². The molecule has 2 heterocycles. The number of benzene rings is 2. The molecule has 2 bridgehead atoms. The maximum absolute atomic E-state index is 13.3. The Morgan fingerprint density at radius 3 is 2.03 bits per heavy atom. The van der Waals surface area contributed by atoms with Crippen LogP contribution in [0.15, 0.2) is 60.7 Å². The van der Waals surface area contributed by atoms with Crippen LogP contribution in [-0.4, -0.2) is 30.2 Å². The van der Waals surface area contributed by atoms with Gasteiger partial charge in [-0.2, -0.15) is 0 Å². The molecular formula is C29H26N2O5. The van der Waals surface area contributed by atoms with Gasteiger partial charge in [0.15, 0.2) is 0 Å². The molecule has 0 aromatic heterocycles. The number of carbonyl (C=O) groups excluding carboxylic acids is 4. The van der Waals surface area contributed by atoms with E-state index in [-0.39, 0.29) is 54.4 Å². The summed E-state index contributed by atoms with van der Waals surface area (Å²) in [4.78, 5) is 54.8. The predicted molar refractivity (Wildman–Crippen MR) is 131 cm³/mol. The van der Waals surface area contributed by atoms with Gasteiger partial charge in [0.05, 0.1) is 23.4 Å². The second-order valence-electron chi connectivity index (χ2n) is 10.8. The molecule has 36 heavy (non-hydrogen) atoms. The van der Waals surface area contributed by atoms with E-state index in [0.29, 0.717) is 23.3 Å². The summed E-state index contributed by atoms with van der Waals surface area (Å²) in [5.74, 6) is -0.0387. The Labute approximate surface area is 208 Å². The van der Waals surface area contributed by atoms with Crippen LogP contribution in [0.4, 0.5) is 11.4 Å². The van der Waals surface area contributed by atoms with Crippen LogP contribution in [0.3, 0.4) is 0 Å². The molecule has 2 aliphatic heterocycles. The molecule has 0 N–H and O–H groups in total. The van der Waals surface area contributed by atoms with Crippen molar-refractivity contribution >= 4 is 35.1 Å². The molecule has 3 amide bonds. The fourth-order valence-electron chi connectivity index (χ4n) is 6.91. The maximum atomic E-state index is 13.3. The van der Waals surface area contributed by atoms with Crippen molar-refractivity contribution in [3.05, 3.63) is 66.2 Å². The monoisotopic (exact) mass is 482 g/mol. The molecule has 0 spiro atoms. The number of amides is 3. The second-order valence-corrected chi connectivity index (χ2v) is 10.8. The highest BCUT2D eigenvalue weighted by Gasteiger charge is 2.67. The van der Waals surface area contributed by atoms with Crippen LogP contribution in [0.2, 0.25) is 0 Å². The van der Waals surface area contributed by atoms with Crippen LogP contribution >= 0.6 is 0 Å². The van der Waals surface area contributed by atoms with Gasteiger partial charge in [0.25, 0.3) is 0 Å². The summed E-state index contributed by atoms with van der Waals surface area (Å²) in [6, 6.07) is 14.1. The number of ether oxygens (including phenoxy) is 1. The van der Waals surface area contributed by atoms with E-state index in [1.165, 1.54) is 4.90 Å². The summed E-state index contributed by atoms with van der Waals surface area (Å²) >= 11 is 0. The van der Waals surface area contributed by atoms with Gasteiger partial charge in [-0.3, -0.25) is 24.1 Å². The number of carbonyl (C=O) groups is 4. The summed E-state index contributed by atoms with van der Waals surface area (Å²) in [7, 11) is 0. The standard InChI is InChI=1S/C29H26N2O5/c1-15-2-4-17(5-3-15)30-14-16(12-24(30)32)29(35)36-19-8-6-18(7-9-19)31-27(33)25-20-10-11-21(23-13-22(20)23)26(25)28(31)34/h2-11,16,20-23,25-26H,12-14H2,1H3/t16-,20-,21-,22-,23+,25+,26+/m1/s1. The topological polar surface area (TPSA) is 84.0 Å². The highest BCUT2D eigenvalue weighted by atomic mass is 16.5. The summed E-state index contributed by atoms with van der Waals surface area (Å²) < 4.78 is 5.56. The zero-order chi connectivity index (χ0) is 24.7. The van der Waals surface area contributed by atoms with E-state index in [1.54, 1.807) is 29.2 Å². The molecule has 0 unspecified atom stereocenters.